The average molecular weight is 382 g/mol. The van der Waals surface area contributed by atoms with E-state index < -0.39 is 23.8 Å². The number of benzene rings is 2. The molecule has 0 saturated carbocycles. The molecule has 2 aromatic rings. The number of imide groups is 1. The number of carbonyl (C=O) groups excluding carboxylic acids is 3. The first-order valence-corrected chi connectivity index (χ1v) is 8.88. The molecule has 0 unspecified atom stereocenters. The summed E-state index contributed by atoms with van der Waals surface area (Å²) >= 11 is 0. The van der Waals surface area contributed by atoms with Crippen molar-refractivity contribution in [2.45, 2.75) is 19.9 Å². The van der Waals surface area contributed by atoms with Gasteiger partial charge in [0.1, 0.15) is 17.5 Å². The molecule has 2 aromatic carbocycles. The second-order valence-corrected chi connectivity index (χ2v) is 6.77. The molecule has 0 saturated heterocycles. The predicted molar refractivity (Wildman–Crippen MR) is 104 cm³/mol. The zero-order valence-electron chi connectivity index (χ0n) is 16.2. The second kappa shape index (κ2) is 7.72. The number of hydrogen-bond donors (Lipinski definition) is 1. The summed E-state index contributed by atoms with van der Waals surface area (Å²) < 4.78 is 10.5. The van der Waals surface area contributed by atoms with Crippen molar-refractivity contribution in [3.05, 3.63) is 53.6 Å². The van der Waals surface area contributed by atoms with E-state index in [4.69, 9.17) is 9.47 Å². The van der Waals surface area contributed by atoms with Gasteiger partial charge in [-0.3, -0.25) is 19.3 Å². The molecule has 1 heterocycles. The van der Waals surface area contributed by atoms with E-state index in [9.17, 15) is 14.4 Å². The number of rotatable bonds is 6. The number of nitrogens with one attached hydrogen (secondary N) is 1. The van der Waals surface area contributed by atoms with Crippen molar-refractivity contribution in [2.75, 3.05) is 19.5 Å². The van der Waals surface area contributed by atoms with Gasteiger partial charge in [0.25, 0.3) is 11.8 Å². The zero-order chi connectivity index (χ0) is 20.4. The van der Waals surface area contributed by atoms with Crippen LogP contribution >= 0.6 is 0 Å². The Hall–Kier alpha value is -3.35. The summed E-state index contributed by atoms with van der Waals surface area (Å²) in [4.78, 5) is 39.7. The molecule has 0 spiro atoms. The van der Waals surface area contributed by atoms with Gasteiger partial charge in [-0.05, 0) is 30.2 Å². The largest absolute Gasteiger partial charge is 0.497 e. The number of hydrogen-bond acceptors (Lipinski definition) is 5. The summed E-state index contributed by atoms with van der Waals surface area (Å²) in [6.07, 6.45) is 0. The lowest BCUT2D eigenvalue weighted by molar-refractivity contribution is -0.121. The van der Waals surface area contributed by atoms with Crippen LogP contribution in [0.25, 0.3) is 0 Å². The number of carbonyl (C=O) groups is 3. The van der Waals surface area contributed by atoms with Crippen LogP contribution in [0.2, 0.25) is 0 Å². The number of anilines is 1. The van der Waals surface area contributed by atoms with Gasteiger partial charge in [-0.25, -0.2) is 0 Å². The Morgan fingerprint density at radius 2 is 1.57 bits per heavy atom. The van der Waals surface area contributed by atoms with Crippen molar-refractivity contribution < 1.29 is 23.9 Å². The first-order chi connectivity index (χ1) is 13.4. The Kier molecular flexibility index (Phi) is 5.35. The topological polar surface area (TPSA) is 84.9 Å². The molecular weight excluding hydrogens is 360 g/mol. The lowest BCUT2D eigenvalue weighted by Crippen LogP contribution is -2.50. The van der Waals surface area contributed by atoms with Crippen molar-refractivity contribution in [1.82, 2.24) is 4.90 Å². The Bertz CT molecular complexity index is 903. The number of nitrogens with zero attached hydrogens (tertiary/aromatic N) is 1. The molecule has 3 amide bonds. The van der Waals surface area contributed by atoms with Gasteiger partial charge in [-0.1, -0.05) is 26.0 Å². The third kappa shape index (κ3) is 3.31. The van der Waals surface area contributed by atoms with E-state index in [0.717, 1.165) is 4.90 Å². The van der Waals surface area contributed by atoms with E-state index in [-0.39, 0.29) is 5.92 Å². The van der Waals surface area contributed by atoms with E-state index in [2.05, 4.69) is 5.32 Å². The van der Waals surface area contributed by atoms with Gasteiger partial charge >= 0.3 is 0 Å². The third-order valence-corrected chi connectivity index (χ3v) is 4.67. The SMILES string of the molecule is COc1ccc(NC(=O)[C@@H](C(C)C)N2C(=O)c3ccccc3C2=O)c(OC)c1. The number of fused-ring (bicyclic) bond motifs is 1. The van der Waals surface area contributed by atoms with Crippen molar-refractivity contribution in [1.29, 1.82) is 0 Å². The van der Waals surface area contributed by atoms with Gasteiger partial charge in [0.05, 0.1) is 31.0 Å². The van der Waals surface area contributed by atoms with Crippen molar-refractivity contribution in [3.8, 4) is 11.5 Å². The lowest BCUT2D eigenvalue weighted by Gasteiger charge is -2.28. The highest BCUT2D eigenvalue weighted by molar-refractivity contribution is 6.23. The van der Waals surface area contributed by atoms with Crippen LogP contribution in [0.15, 0.2) is 42.5 Å². The molecule has 7 heteroatoms. The molecule has 0 radical (unpaired) electrons. The minimum absolute atomic E-state index is 0.286. The molecule has 0 bridgehead atoms. The summed E-state index contributed by atoms with van der Waals surface area (Å²) in [6, 6.07) is 10.6. The van der Waals surface area contributed by atoms with E-state index in [1.54, 1.807) is 56.3 Å². The van der Waals surface area contributed by atoms with Gasteiger partial charge in [-0.15, -0.1) is 0 Å². The van der Waals surface area contributed by atoms with Crippen LogP contribution < -0.4 is 14.8 Å². The Balaban J connectivity index is 1.91. The maximum absolute atomic E-state index is 13.1. The second-order valence-electron chi connectivity index (χ2n) is 6.77. The van der Waals surface area contributed by atoms with Gasteiger partial charge in [0, 0.05) is 6.07 Å². The molecule has 0 aliphatic carbocycles. The van der Waals surface area contributed by atoms with Crippen LogP contribution in [-0.4, -0.2) is 42.9 Å². The molecule has 28 heavy (non-hydrogen) atoms. The fourth-order valence-corrected chi connectivity index (χ4v) is 3.29. The molecule has 1 aliphatic rings. The first kappa shape index (κ1) is 19.4. The molecule has 0 aromatic heterocycles. The monoisotopic (exact) mass is 382 g/mol. The highest BCUT2D eigenvalue weighted by atomic mass is 16.5. The number of amides is 3. The highest BCUT2D eigenvalue weighted by Gasteiger charge is 2.44. The molecular formula is C21H22N2O5. The van der Waals surface area contributed by atoms with Crippen LogP contribution in [0.5, 0.6) is 11.5 Å². The Morgan fingerprint density at radius 3 is 2.07 bits per heavy atom. The smallest absolute Gasteiger partial charge is 0.262 e. The minimum Gasteiger partial charge on any atom is -0.497 e. The molecule has 1 atom stereocenters. The van der Waals surface area contributed by atoms with E-state index in [1.807, 2.05) is 0 Å². The van der Waals surface area contributed by atoms with Crippen LogP contribution in [0, 0.1) is 5.92 Å². The highest BCUT2D eigenvalue weighted by Crippen LogP contribution is 2.31. The lowest BCUT2D eigenvalue weighted by atomic mass is 10.0. The average Bonchev–Trinajstić information content (AvgIpc) is 2.93. The summed E-state index contributed by atoms with van der Waals surface area (Å²) in [5.41, 5.74) is 1.05. The standard InChI is InChI=1S/C21H22N2O5/c1-12(2)18(23-20(25)14-7-5-6-8-15(14)21(23)26)19(24)22-16-10-9-13(27-3)11-17(16)28-4/h5-12,18H,1-4H3,(H,22,24)/t18-/m1/s1. The summed E-state index contributed by atoms with van der Waals surface area (Å²) in [5, 5.41) is 2.77. The van der Waals surface area contributed by atoms with Crippen LogP contribution in [0.1, 0.15) is 34.6 Å². The fourth-order valence-electron chi connectivity index (χ4n) is 3.29. The summed E-state index contributed by atoms with van der Waals surface area (Å²) in [6.45, 7) is 3.58. The molecule has 7 nitrogen and oxygen atoms in total. The van der Waals surface area contributed by atoms with Crippen LogP contribution in [-0.2, 0) is 4.79 Å². The predicted octanol–water partition coefficient (Wildman–Crippen LogP) is 2.96. The summed E-state index contributed by atoms with van der Waals surface area (Å²) in [7, 11) is 3.01. The third-order valence-electron chi connectivity index (χ3n) is 4.67. The normalized spacial score (nSPS) is 14.1. The van der Waals surface area contributed by atoms with E-state index in [1.165, 1.54) is 14.2 Å². The van der Waals surface area contributed by atoms with Crippen molar-refractivity contribution in [3.63, 3.8) is 0 Å². The maximum Gasteiger partial charge on any atom is 0.262 e. The Labute approximate surface area is 163 Å². The molecule has 3 rings (SSSR count). The van der Waals surface area contributed by atoms with Gasteiger partial charge in [-0.2, -0.15) is 0 Å². The van der Waals surface area contributed by atoms with E-state index >= 15 is 0 Å². The van der Waals surface area contributed by atoms with Gasteiger partial charge < -0.3 is 14.8 Å². The first-order valence-electron chi connectivity index (χ1n) is 8.88. The van der Waals surface area contributed by atoms with Crippen molar-refractivity contribution in [2.24, 2.45) is 5.92 Å². The van der Waals surface area contributed by atoms with E-state index in [0.29, 0.717) is 28.3 Å². The molecule has 146 valence electrons. The zero-order valence-corrected chi connectivity index (χ0v) is 16.2. The molecule has 1 aliphatic heterocycles. The van der Waals surface area contributed by atoms with Gasteiger partial charge in [0.2, 0.25) is 5.91 Å². The van der Waals surface area contributed by atoms with Gasteiger partial charge in [0.15, 0.2) is 0 Å². The maximum atomic E-state index is 13.1. The Morgan fingerprint density at radius 1 is 0.964 bits per heavy atom. The van der Waals surface area contributed by atoms with Crippen molar-refractivity contribution >= 4 is 23.4 Å². The fraction of sp³-hybridized carbons (Fsp3) is 0.286. The number of ether oxygens (including phenoxy) is 2. The minimum atomic E-state index is -0.959. The molecule has 1 N–H and O–H groups in total. The number of methoxy groups -OCH3 is 2. The van der Waals surface area contributed by atoms with Crippen LogP contribution in [0.3, 0.4) is 0 Å². The molecule has 0 fully saturated rings. The summed E-state index contributed by atoms with van der Waals surface area (Å²) in [5.74, 6) is -0.681. The van der Waals surface area contributed by atoms with Crippen LogP contribution in [0.4, 0.5) is 5.69 Å². The quantitative estimate of drug-likeness (QED) is 0.777.